The molecule has 112 valence electrons. The summed E-state index contributed by atoms with van der Waals surface area (Å²) < 4.78 is 0.423. The van der Waals surface area contributed by atoms with Gasteiger partial charge in [-0.2, -0.15) is 0 Å². The highest BCUT2D eigenvalue weighted by Crippen LogP contribution is 2.27. The molecule has 0 aliphatic rings. The van der Waals surface area contributed by atoms with Gasteiger partial charge in [-0.3, -0.25) is 14.9 Å². The number of aromatic nitrogens is 1. The van der Waals surface area contributed by atoms with Gasteiger partial charge in [0.2, 0.25) is 0 Å². The van der Waals surface area contributed by atoms with Crippen molar-refractivity contribution in [3.63, 3.8) is 0 Å². The Morgan fingerprint density at radius 1 is 1.32 bits per heavy atom. The monoisotopic (exact) mass is 365 g/mol. The molecule has 0 fully saturated rings. The molecule has 0 aliphatic heterocycles. The molecule has 0 saturated carbocycles. The number of carbonyl (C=O) groups is 2. The van der Waals surface area contributed by atoms with Gasteiger partial charge in [0.1, 0.15) is 0 Å². The number of carbonyl (C=O) groups excluding carboxylic acids is 1. The van der Waals surface area contributed by atoms with Crippen molar-refractivity contribution in [3.8, 4) is 0 Å². The van der Waals surface area contributed by atoms with Crippen molar-refractivity contribution in [2.24, 2.45) is 0 Å². The molecule has 0 radical (unpaired) electrons. The molecule has 0 spiro atoms. The minimum Gasteiger partial charge on any atom is -0.476 e. The third-order valence-electron chi connectivity index (χ3n) is 2.66. The number of rotatable bonds is 4. The van der Waals surface area contributed by atoms with Crippen LogP contribution < -0.4 is 5.32 Å². The number of anilines is 1. The number of halogens is 1. The smallest absolute Gasteiger partial charge is 0.355 e. The molecular formula is C13H8BrN3O5. The lowest BCUT2D eigenvalue weighted by atomic mass is 10.1. The first-order chi connectivity index (χ1) is 10.4. The van der Waals surface area contributed by atoms with Gasteiger partial charge in [0.25, 0.3) is 11.6 Å². The van der Waals surface area contributed by atoms with E-state index in [9.17, 15) is 19.7 Å². The van der Waals surface area contributed by atoms with Gasteiger partial charge in [-0.25, -0.2) is 9.78 Å². The number of benzene rings is 1. The summed E-state index contributed by atoms with van der Waals surface area (Å²) in [6.07, 6.45) is 1.25. The number of carboxylic acids is 1. The van der Waals surface area contributed by atoms with E-state index in [1.54, 1.807) is 0 Å². The molecule has 1 aromatic heterocycles. The zero-order valence-corrected chi connectivity index (χ0v) is 12.4. The molecule has 22 heavy (non-hydrogen) atoms. The summed E-state index contributed by atoms with van der Waals surface area (Å²) in [5.74, 6) is -2.07. The zero-order valence-electron chi connectivity index (χ0n) is 10.8. The van der Waals surface area contributed by atoms with Crippen LogP contribution in [0.2, 0.25) is 0 Å². The Kier molecular flexibility index (Phi) is 4.47. The molecule has 2 aromatic rings. The molecule has 0 aliphatic carbocycles. The predicted molar refractivity (Wildman–Crippen MR) is 79.9 cm³/mol. The van der Waals surface area contributed by atoms with Gasteiger partial charge < -0.3 is 10.4 Å². The number of amides is 1. The van der Waals surface area contributed by atoms with Crippen molar-refractivity contribution < 1.29 is 19.6 Å². The summed E-state index contributed by atoms with van der Waals surface area (Å²) >= 11 is 3.16. The van der Waals surface area contributed by atoms with E-state index in [-0.39, 0.29) is 16.9 Å². The molecule has 0 saturated heterocycles. The highest BCUT2D eigenvalue weighted by molar-refractivity contribution is 9.10. The molecule has 1 aromatic carbocycles. The largest absolute Gasteiger partial charge is 0.476 e. The molecule has 0 bridgehead atoms. The van der Waals surface area contributed by atoms with Crippen molar-refractivity contribution in [2.45, 2.75) is 0 Å². The van der Waals surface area contributed by atoms with E-state index in [2.05, 4.69) is 26.2 Å². The van der Waals surface area contributed by atoms with Crippen molar-refractivity contribution >= 4 is 39.2 Å². The van der Waals surface area contributed by atoms with Gasteiger partial charge in [0.15, 0.2) is 5.69 Å². The summed E-state index contributed by atoms with van der Waals surface area (Å²) in [7, 11) is 0. The quantitative estimate of drug-likeness (QED) is 0.634. The minimum atomic E-state index is -1.34. The second-order valence-corrected chi connectivity index (χ2v) is 4.93. The number of aromatic carboxylic acids is 1. The fraction of sp³-hybridized carbons (Fsp3) is 0. The maximum absolute atomic E-state index is 12.2. The number of pyridine rings is 1. The Morgan fingerprint density at radius 2 is 2.05 bits per heavy atom. The topological polar surface area (TPSA) is 122 Å². The van der Waals surface area contributed by atoms with Gasteiger partial charge >= 0.3 is 5.97 Å². The number of nitrogens with zero attached hydrogens (tertiary/aromatic N) is 2. The van der Waals surface area contributed by atoms with Gasteiger partial charge in [0.05, 0.1) is 16.2 Å². The van der Waals surface area contributed by atoms with Crippen LogP contribution in [-0.2, 0) is 0 Å². The summed E-state index contributed by atoms with van der Waals surface area (Å²) in [5.41, 5.74) is -0.600. The van der Waals surface area contributed by atoms with Crippen LogP contribution in [0.1, 0.15) is 20.8 Å². The molecule has 2 N–H and O–H groups in total. The van der Waals surface area contributed by atoms with Crippen LogP contribution in [0.5, 0.6) is 0 Å². The third-order valence-corrected chi connectivity index (χ3v) is 3.36. The molecule has 0 atom stereocenters. The predicted octanol–water partition coefficient (Wildman–Crippen LogP) is 2.70. The van der Waals surface area contributed by atoms with Crippen LogP contribution in [0.15, 0.2) is 41.0 Å². The number of non-ortho nitro benzene ring substituents is 1. The normalized spacial score (nSPS) is 10.0. The Bertz CT molecular complexity index is 778. The minimum absolute atomic E-state index is 0.145. The number of nitro benzene ring substituents is 1. The molecule has 1 amide bonds. The molecule has 0 unspecified atom stereocenters. The van der Waals surface area contributed by atoms with Gasteiger partial charge in [-0.15, -0.1) is 0 Å². The number of nitrogens with one attached hydrogen (secondary N) is 1. The highest BCUT2D eigenvalue weighted by atomic mass is 79.9. The summed E-state index contributed by atoms with van der Waals surface area (Å²) in [4.78, 5) is 37.0. The molecule has 1 heterocycles. The van der Waals surface area contributed by atoms with Crippen LogP contribution in [-0.4, -0.2) is 26.9 Å². The van der Waals surface area contributed by atoms with Crippen LogP contribution in [0.3, 0.4) is 0 Å². The standard InChI is InChI=1S/C13H8BrN3O5/c14-9-4-3-7(17(21)22)6-10(9)16-12(18)8-2-1-5-15-11(8)13(19)20/h1-6H,(H,16,18)(H,19,20). The van der Waals surface area contributed by atoms with Crippen LogP contribution in [0.4, 0.5) is 11.4 Å². The number of nitro groups is 1. The molecule has 8 nitrogen and oxygen atoms in total. The lowest BCUT2D eigenvalue weighted by Gasteiger charge is -2.08. The molecule has 2 rings (SSSR count). The fourth-order valence-corrected chi connectivity index (χ4v) is 2.02. The summed E-state index contributed by atoms with van der Waals surface area (Å²) in [6, 6.07) is 6.57. The average molecular weight is 366 g/mol. The Hall–Kier alpha value is -2.81. The van der Waals surface area contributed by atoms with E-state index in [1.807, 2.05) is 0 Å². The van der Waals surface area contributed by atoms with Crippen LogP contribution >= 0.6 is 15.9 Å². The lowest BCUT2D eigenvalue weighted by molar-refractivity contribution is -0.384. The molecular weight excluding hydrogens is 358 g/mol. The van der Waals surface area contributed by atoms with Crippen LogP contribution in [0, 0.1) is 10.1 Å². The zero-order chi connectivity index (χ0) is 16.3. The Morgan fingerprint density at radius 3 is 2.68 bits per heavy atom. The van der Waals surface area contributed by atoms with E-state index >= 15 is 0 Å². The van der Waals surface area contributed by atoms with Crippen molar-refractivity contribution in [1.82, 2.24) is 4.98 Å². The van der Waals surface area contributed by atoms with E-state index in [0.717, 1.165) is 0 Å². The average Bonchev–Trinajstić information content (AvgIpc) is 2.49. The maximum atomic E-state index is 12.2. The van der Waals surface area contributed by atoms with Crippen molar-refractivity contribution in [2.75, 3.05) is 5.32 Å². The maximum Gasteiger partial charge on any atom is 0.355 e. The van der Waals surface area contributed by atoms with E-state index in [1.165, 1.54) is 36.5 Å². The van der Waals surface area contributed by atoms with Crippen molar-refractivity contribution in [1.29, 1.82) is 0 Å². The summed E-state index contributed by atoms with van der Waals surface area (Å²) in [5, 5.41) is 22.2. The first kappa shape index (κ1) is 15.6. The van der Waals surface area contributed by atoms with Gasteiger partial charge in [-0.1, -0.05) is 0 Å². The Labute approximate surface area is 132 Å². The number of hydrogen-bond donors (Lipinski definition) is 2. The second-order valence-electron chi connectivity index (χ2n) is 4.08. The van der Waals surface area contributed by atoms with Gasteiger partial charge in [0, 0.05) is 22.8 Å². The fourth-order valence-electron chi connectivity index (χ4n) is 1.67. The third kappa shape index (κ3) is 3.26. The van der Waals surface area contributed by atoms with Crippen molar-refractivity contribution in [3.05, 3.63) is 62.4 Å². The summed E-state index contributed by atoms with van der Waals surface area (Å²) in [6.45, 7) is 0. The number of carboxylic acid groups (broad SMARTS) is 1. The van der Waals surface area contributed by atoms with E-state index in [0.29, 0.717) is 4.47 Å². The molecule has 9 heteroatoms. The SMILES string of the molecule is O=C(Nc1cc([N+](=O)[O-])ccc1Br)c1cccnc1C(=O)O. The highest BCUT2D eigenvalue weighted by Gasteiger charge is 2.19. The second kappa shape index (κ2) is 6.31. The van der Waals surface area contributed by atoms with Crippen LogP contribution in [0.25, 0.3) is 0 Å². The first-order valence-electron chi connectivity index (χ1n) is 5.83. The van der Waals surface area contributed by atoms with Gasteiger partial charge in [-0.05, 0) is 34.1 Å². The number of hydrogen-bond acceptors (Lipinski definition) is 5. The first-order valence-corrected chi connectivity index (χ1v) is 6.63. The Balaban J connectivity index is 2.36. The van der Waals surface area contributed by atoms with E-state index in [4.69, 9.17) is 5.11 Å². The lowest BCUT2D eigenvalue weighted by Crippen LogP contribution is -2.17. The van der Waals surface area contributed by atoms with E-state index < -0.39 is 22.5 Å².